The molecule has 3 nitrogen and oxygen atoms in total. The first-order valence-electron chi connectivity index (χ1n) is 6.97. The quantitative estimate of drug-likeness (QED) is 0.879. The Hall–Kier alpha value is -2.55. The van der Waals surface area contributed by atoms with Crippen LogP contribution in [0.4, 0.5) is 4.79 Å². The first-order valence-corrected chi connectivity index (χ1v) is 6.97. The lowest BCUT2D eigenvalue weighted by atomic mass is 10.1. The second-order valence-electron chi connectivity index (χ2n) is 5.00. The molecule has 2 amide bonds. The van der Waals surface area contributed by atoms with Crippen LogP contribution < -0.4 is 10.6 Å². The van der Waals surface area contributed by atoms with Crippen LogP contribution in [0, 0.1) is 13.8 Å². The normalized spacial score (nSPS) is 10.6. The Morgan fingerprint density at radius 3 is 2.48 bits per heavy atom. The summed E-state index contributed by atoms with van der Waals surface area (Å²) in [5, 5.41) is 5.54. The zero-order chi connectivity index (χ0) is 15.1. The predicted octanol–water partition coefficient (Wildman–Crippen LogP) is 3.77. The Labute approximate surface area is 125 Å². The summed E-state index contributed by atoms with van der Waals surface area (Å²) in [5.74, 6) is 0. The molecule has 0 fully saturated rings. The summed E-state index contributed by atoms with van der Waals surface area (Å²) in [6.45, 7) is 4.61. The molecule has 21 heavy (non-hydrogen) atoms. The minimum absolute atomic E-state index is 0.207. The maximum atomic E-state index is 11.7. The molecule has 0 heterocycles. The van der Waals surface area contributed by atoms with E-state index in [1.54, 1.807) is 6.20 Å². The van der Waals surface area contributed by atoms with Gasteiger partial charge in [0.05, 0.1) is 0 Å². The zero-order valence-electron chi connectivity index (χ0n) is 12.4. The summed E-state index contributed by atoms with van der Waals surface area (Å²) < 4.78 is 0. The van der Waals surface area contributed by atoms with Gasteiger partial charge in [0.25, 0.3) is 0 Å². The molecule has 0 bridgehead atoms. The molecule has 2 aromatic rings. The second kappa shape index (κ2) is 7.29. The number of amides is 2. The third-order valence-electron chi connectivity index (χ3n) is 3.27. The van der Waals surface area contributed by atoms with Crippen LogP contribution in [0.2, 0.25) is 0 Å². The number of hydrogen-bond donors (Lipinski definition) is 2. The number of carbonyl (C=O) groups excluding carboxylic acids is 1. The standard InChI is InChI=1S/C18H20N2O/c1-14-7-9-16(10-8-14)11-12-19-18(21)20-13-17-6-4-3-5-15(17)2/h3-12H,13H2,1-2H3,(H2,19,20,21)/b12-11+. The monoisotopic (exact) mass is 280 g/mol. The Bertz CT molecular complexity index is 630. The first kappa shape index (κ1) is 14.9. The van der Waals surface area contributed by atoms with Crippen molar-refractivity contribution in [2.45, 2.75) is 20.4 Å². The van der Waals surface area contributed by atoms with Crippen molar-refractivity contribution >= 4 is 12.1 Å². The van der Waals surface area contributed by atoms with Gasteiger partial charge in [0, 0.05) is 12.7 Å². The molecular weight excluding hydrogens is 260 g/mol. The van der Waals surface area contributed by atoms with E-state index in [-0.39, 0.29) is 6.03 Å². The second-order valence-corrected chi connectivity index (χ2v) is 5.00. The minimum Gasteiger partial charge on any atom is -0.334 e. The fourth-order valence-corrected chi connectivity index (χ4v) is 1.93. The Kier molecular flexibility index (Phi) is 5.16. The van der Waals surface area contributed by atoms with Crippen LogP contribution in [0.25, 0.3) is 6.08 Å². The van der Waals surface area contributed by atoms with Crippen LogP contribution in [0.1, 0.15) is 22.3 Å². The smallest absolute Gasteiger partial charge is 0.319 e. The first-order chi connectivity index (χ1) is 10.1. The molecule has 0 unspecified atom stereocenters. The SMILES string of the molecule is Cc1ccc(/C=C/NC(=O)NCc2ccccc2C)cc1. The highest BCUT2D eigenvalue weighted by molar-refractivity contribution is 5.75. The van der Waals surface area contributed by atoms with Crippen molar-refractivity contribution in [1.82, 2.24) is 10.6 Å². The zero-order valence-corrected chi connectivity index (χ0v) is 12.4. The van der Waals surface area contributed by atoms with Gasteiger partial charge in [-0.3, -0.25) is 0 Å². The van der Waals surface area contributed by atoms with Gasteiger partial charge in [0.1, 0.15) is 0 Å². The molecule has 0 aliphatic carbocycles. The summed E-state index contributed by atoms with van der Waals surface area (Å²) in [6.07, 6.45) is 3.52. The van der Waals surface area contributed by atoms with Crippen molar-refractivity contribution in [3.05, 3.63) is 77.0 Å². The van der Waals surface area contributed by atoms with Gasteiger partial charge in [-0.15, -0.1) is 0 Å². The molecular formula is C18H20N2O. The number of aryl methyl sites for hydroxylation is 2. The van der Waals surface area contributed by atoms with E-state index < -0.39 is 0 Å². The van der Waals surface area contributed by atoms with Crippen molar-refractivity contribution in [1.29, 1.82) is 0 Å². The van der Waals surface area contributed by atoms with Gasteiger partial charge >= 0.3 is 6.03 Å². The van der Waals surface area contributed by atoms with Gasteiger partial charge in [-0.1, -0.05) is 54.1 Å². The number of hydrogen-bond acceptors (Lipinski definition) is 1. The van der Waals surface area contributed by atoms with Gasteiger partial charge in [0.15, 0.2) is 0 Å². The van der Waals surface area contributed by atoms with Crippen LogP contribution in [-0.2, 0) is 6.54 Å². The summed E-state index contributed by atoms with van der Waals surface area (Å²) in [7, 11) is 0. The van der Waals surface area contributed by atoms with Gasteiger partial charge < -0.3 is 10.6 Å². The number of nitrogens with one attached hydrogen (secondary N) is 2. The summed E-state index contributed by atoms with van der Waals surface area (Å²) in [4.78, 5) is 11.7. The Balaban J connectivity index is 1.80. The highest BCUT2D eigenvalue weighted by Crippen LogP contribution is 2.06. The molecule has 0 aliphatic heterocycles. The highest BCUT2D eigenvalue weighted by atomic mass is 16.2. The van der Waals surface area contributed by atoms with Crippen LogP contribution in [0.15, 0.2) is 54.7 Å². The fourth-order valence-electron chi connectivity index (χ4n) is 1.93. The van der Waals surface area contributed by atoms with E-state index >= 15 is 0 Å². The molecule has 0 saturated carbocycles. The minimum atomic E-state index is -0.207. The third kappa shape index (κ3) is 4.80. The van der Waals surface area contributed by atoms with E-state index in [9.17, 15) is 4.79 Å². The van der Waals surface area contributed by atoms with Gasteiger partial charge in [-0.05, 0) is 36.6 Å². The molecule has 2 rings (SSSR count). The van der Waals surface area contributed by atoms with E-state index in [0.717, 1.165) is 11.1 Å². The van der Waals surface area contributed by atoms with Crippen LogP contribution >= 0.6 is 0 Å². The molecule has 0 atom stereocenters. The molecule has 2 N–H and O–H groups in total. The van der Waals surface area contributed by atoms with Crippen molar-refractivity contribution in [2.24, 2.45) is 0 Å². The average Bonchev–Trinajstić information content (AvgIpc) is 2.48. The van der Waals surface area contributed by atoms with E-state index in [2.05, 4.69) is 10.6 Å². The molecule has 108 valence electrons. The fraction of sp³-hybridized carbons (Fsp3) is 0.167. The Morgan fingerprint density at radius 2 is 1.76 bits per heavy atom. The lowest BCUT2D eigenvalue weighted by Crippen LogP contribution is -2.31. The summed E-state index contributed by atoms with van der Waals surface area (Å²) in [5.41, 5.74) is 4.57. The molecule has 2 aromatic carbocycles. The van der Waals surface area contributed by atoms with Crippen LogP contribution in [0.3, 0.4) is 0 Å². The van der Waals surface area contributed by atoms with E-state index in [1.807, 2.05) is 68.5 Å². The molecule has 0 spiro atoms. The summed E-state index contributed by atoms with van der Waals surface area (Å²) >= 11 is 0. The molecule has 0 radical (unpaired) electrons. The molecule has 0 saturated heterocycles. The van der Waals surface area contributed by atoms with Crippen molar-refractivity contribution in [3.63, 3.8) is 0 Å². The molecule has 3 heteroatoms. The van der Waals surface area contributed by atoms with Gasteiger partial charge in [-0.2, -0.15) is 0 Å². The number of rotatable bonds is 4. The number of benzene rings is 2. The largest absolute Gasteiger partial charge is 0.334 e. The lowest BCUT2D eigenvalue weighted by molar-refractivity contribution is 0.244. The van der Waals surface area contributed by atoms with Gasteiger partial charge in [-0.25, -0.2) is 4.79 Å². The molecule has 0 aromatic heterocycles. The van der Waals surface area contributed by atoms with E-state index in [1.165, 1.54) is 11.1 Å². The average molecular weight is 280 g/mol. The number of carbonyl (C=O) groups is 1. The van der Waals surface area contributed by atoms with E-state index in [4.69, 9.17) is 0 Å². The van der Waals surface area contributed by atoms with Crippen molar-refractivity contribution in [3.8, 4) is 0 Å². The van der Waals surface area contributed by atoms with E-state index in [0.29, 0.717) is 6.54 Å². The van der Waals surface area contributed by atoms with Crippen molar-refractivity contribution < 1.29 is 4.79 Å². The van der Waals surface area contributed by atoms with Crippen LogP contribution in [-0.4, -0.2) is 6.03 Å². The third-order valence-corrected chi connectivity index (χ3v) is 3.27. The maximum Gasteiger partial charge on any atom is 0.319 e. The topological polar surface area (TPSA) is 41.1 Å². The van der Waals surface area contributed by atoms with Crippen molar-refractivity contribution in [2.75, 3.05) is 0 Å². The lowest BCUT2D eigenvalue weighted by Gasteiger charge is -2.07. The number of urea groups is 1. The van der Waals surface area contributed by atoms with Crippen LogP contribution in [0.5, 0.6) is 0 Å². The summed E-state index contributed by atoms with van der Waals surface area (Å²) in [6, 6.07) is 15.9. The van der Waals surface area contributed by atoms with Gasteiger partial charge in [0.2, 0.25) is 0 Å². The highest BCUT2D eigenvalue weighted by Gasteiger charge is 1.99. The molecule has 0 aliphatic rings. The maximum absolute atomic E-state index is 11.7. The predicted molar refractivity (Wildman–Crippen MR) is 86.8 cm³/mol. The Morgan fingerprint density at radius 1 is 1.05 bits per heavy atom.